The fourth-order valence-corrected chi connectivity index (χ4v) is 3.95. The van der Waals surface area contributed by atoms with Crippen molar-refractivity contribution in [2.45, 2.75) is 31.8 Å². The van der Waals surface area contributed by atoms with Crippen LogP contribution < -0.4 is 5.73 Å². The smallest absolute Gasteiger partial charge is 0.0693 e. The predicted octanol–water partition coefficient (Wildman–Crippen LogP) is 3.25. The molecule has 20 heavy (non-hydrogen) atoms. The molecular formula is C15H21Cl2N3. The van der Waals surface area contributed by atoms with Gasteiger partial charge in [-0.2, -0.15) is 0 Å². The highest BCUT2D eigenvalue weighted by atomic mass is 35.5. The van der Waals surface area contributed by atoms with E-state index < -0.39 is 0 Å². The fraction of sp³-hybridized carbons (Fsp3) is 0.600. The lowest BCUT2D eigenvalue weighted by atomic mass is 10.1. The number of hydrogen-bond donors (Lipinski definition) is 1. The highest BCUT2D eigenvalue weighted by molar-refractivity contribution is 6.38. The van der Waals surface area contributed by atoms with Crippen LogP contribution in [0.3, 0.4) is 0 Å². The van der Waals surface area contributed by atoms with Crippen LogP contribution in [0, 0.1) is 0 Å². The zero-order valence-electron chi connectivity index (χ0n) is 11.6. The van der Waals surface area contributed by atoms with E-state index in [0.29, 0.717) is 15.7 Å². The lowest BCUT2D eigenvalue weighted by Gasteiger charge is -2.25. The first-order valence-corrected chi connectivity index (χ1v) is 8.09. The van der Waals surface area contributed by atoms with E-state index >= 15 is 0 Å². The molecule has 110 valence electrons. The Hall–Kier alpha value is -0.480. The minimum Gasteiger partial charge on any atom is -0.396 e. The minimum atomic E-state index is 0.481. The van der Waals surface area contributed by atoms with Gasteiger partial charge in [0.25, 0.3) is 0 Å². The van der Waals surface area contributed by atoms with Crippen molar-refractivity contribution in [1.29, 1.82) is 0 Å². The molecule has 0 bridgehead atoms. The molecular weight excluding hydrogens is 293 g/mol. The molecule has 2 aliphatic rings. The quantitative estimate of drug-likeness (QED) is 0.851. The van der Waals surface area contributed by atoms with Crippen molar-refractivity contribution in [1.82, 2.24) is 9.80 Å². The van der Waals surface area contributed by atoms with E-state index in [1.165, 1.54) is 32.4 Å². The van der Waals surface area contributed by atoms with Crippen LogP contribution in [0.4, 0.5) is 5.69 Å². The first-order chi connectivity index (χ1) is 9.63. The summed E-state index contributed by atoms with van der Waals surface area (Å²) in [6.07, 6.45) is 3.92. The number of fused-ring (bicyclic) bond motifs is 1. The van der Waals surface area contributed by atoms with Crippen LogP contribution in [0.2, 0.25) is 10.0 Å². The van der Waals surface area contributed by atoms with Crippen LogP contribution in [0.5, 0.6) is 0 Å². The van der Waals surface area contributed by atoms with E-state index in [1.807, 2.05) is 12.1 Å². The van der Waals surface area contributed by atoms with E-state index in [0.717, 1.165) is 31.2 Å². The Morgan fingerprint density at radius 2 is 1.80 bits per heavy atom. The molecule has 0 aliphatic carbocycles. The fourth-order valence-electron chi connectivity index (χ4n) is 3.41. The maximum atomic E-state index is 6.12. The van der Waals surface area contributed by atoms with Crippen molar-refractivity contribution in [2.75, 3.05) is 31.9 Å². The largest absolute Gasteiger partial charge is 0.396 e. The molecule has 5 heteroatoms. The summed E-state index contributed by atoms with van der Waals surface area (Å²) in [6.45, 7) is 5.72. The predicted molar refractivity (Wildman–Crippen MR) is 85.4 cm³/mol. The van der Waals surface area contributed by atoms with Crippen LogP contribution in [-0.4, -0.2) is 42.0 Å². The van der Waals surface area contributed by atoms with Gasteiger partial charge in [0.15, 0.2) is 0 Å². The normalized spacial score (nSPS) is 24.6. The molecule has 2 heterocycles. The van der Waals surface area contributed by atoms with Crippen molar-refractivity contribution in [3.63, 3.8) is 0 Å². The zero-order valence-corrected chi connectivity index (χ0v) is 13.1. The topological polar surface area (TPSA) is 32.5 Å². The third kappa shape index (κ3) is 3.06. The number of rotatable bonds is 2. The van der Waals surface area contributed by atoms with Gasteiger partial charge in [0, 0.05) is 19.1 Å². The molecule has 1 aromatic carbocycles. The summed E-state index contributed by atoms with van der Waals surface area (Å²) in [4.78, 5) is 5.16. The molecule has 1 unspecified atom stereocenters. The first kappa shape index (κ1) is 14.5. The van der Waals surface area contributed by atoms with Gasteiger partial charge in [0.2, 0.25) is 0 Å². The van der Waals surface area contributed by atoms with Crippen LogP contribution in [-0.2, 0) is 6.54 Å². The number of nitrogens with two attached hydrogens (primary N) is 1. The number of benzene rings is 1. The monoisotopic (exact) mass is 313 g/mol. The molecule has 1 atom stereocenters. The summed E-state index contributed by atoms with van der Waals surface area (Å²) in [6, 6.07) is 4.62. The Morgan fingerprint density at radius 3 is 2.55 bits per heavy atom. The summed E-state index contributed by atoms with van der Waals surface area (Å²) >= 11 is 12.2. The first-order valence-electron chi connectivity index (χ1n) is 7.33. The van der Waals surface area contributed by atoms with E-state index in [-0.39, 0.29) is 0 Å². The molecule has 0 saturated carbocycles. The Bertz CT molecular complexity index is 469. The highest BCUT2D eigenvalue weighted by Gasteiger charge is 2.28. The average Bonchev–Trinajstić information content (AvgIpc) is 2.75. The maximum absolute atomic E-state index is 6.12. The molecule has 3 nitrogen and oxygen atoms in total. The van der Waals surface area contributed by atoms with Crippen molar-refractivity contribution in [2.24, 2.45) is 0 Å². The van der Waals surface area contributed by atoms with Crippen molar-refractivity contribution in [3.8, 4) is 0 Å². The molecule has 1 aromatic rings. The summed E-state index contributed by atoms with van der Waals surface area (Å²) in [5.41, 5.74) is 7.43. The Kier molecular flexibility index (Phi) is 4.41. The van der Waals surface area contributed by atoms with Gasteiger partial charge >= 0.3 is 0 Å². The molecule has 0 aromatic heterocycles. The molecule has 3 rings (SSSR count). The number of hydrogen-bond acceptors (Lipinski definition) is 3. The molecule has 2 fully saturated rings. The van der Waals surface area contributed by atoms with E-state index in [1.54, 1.807) is 0 Å². The molecule has 2 saturated heterocycles. The van der Waals surface area contributed by atoms with Gasteiger partial charge in [-0.25, -0.2) is 0 Å². The van der Waals surface area contributed by atoms with E-state index in [4.69, 9.17) is 28.9 Å². The number of nitrogens with zero attached hydrogens (tertiary/aromatic N) is 2. The van der Waals surface area contributed by atoms with Gasteiger partial charge < -0.3 is 5.73 Å². The zero-order chi connectivity index (χ0) is 14.1. The van der Waals surface area contributed by atoms with Crippen LogP contribution in [0.25, 0.3) is 0 Å². The summed E-state index contributed by atoms with van der Waals surface area (Å²) in [5.74, 6) is 0. The Balaban J connectivity index is 1.70. The molecule has 0 spiro atoms. The summed E-state index contributed by atoms with van der Waals surface area (Å²) in [7, 11) is 0. The Morgan fingerprint density at radius 1 is 1.10 bits per heavy atom. The highest BCUT2D eigenvalue weighted by Crippen LogP contribution is 2.30. The lowest BCUT2D eigenvalue weighted by molar-refractivity contribution is 0.215. The van der Waals surface area contributed by atoms with Crippen LogP contribution in [0.15, 0.2) is 12.1 Å². The SMILES string of the molecule is Nc1c(Cl)cc(CN2CCCN3CCCC3C2)cc1Cl. The second-order valence-electron chi connectivity index (χ2n) is 5.89. The number of nitrogen functional groups attached to an aromatic ring is 1. The van der Waals surface area contributed by atoms with Crippen molar-refractivity contribution in [3.05, 3.63) is 27.7 Å². The van der Waals surface area contributed by atoms with E-state index in [9.17, 15) is 0 Å². The van der Waals surface area contributed by atoms with Gasteiger partial charge in [0.05, 0.1) is 15.7 Å². The third-order valence-corrected chi connectivity index (χ3v) is 5.06. The van der Waals surface area contributed by atoms with Crippen molar-refractivity contribution < 1.29 is 0 Å². The standard InChI is InChI=1S/C15H21Cl2N3/c16-13-7-11(8-14(17)15(13)18)9-19-4-2-6-20-5-1-3-12(20)10-19/h7-8,12H,1-6,9-10,18H2. The number of halogens is 2. The number of anilines is 1. The van der Waals surface area contributed by atoms with Crippen molar-refractivity contribution >= 4 is 28.9 Å². The summed E-state index contributed by atoms with van der Waals surface area (Å²) < 4.78 is 0. The molecule has 0 amide bonds. The van der Waals surface area contributed by atoms with Crippen LogP contribution in [0.1, 0.15) is 24.8 Å². The van der Waals surface area contributed by atoms with Gasteiger partial charge in [-0.15, -0.1) is 0 Å². The average molecular weight is 314 g/mol. The molecule has 2 N–H and O–H groups in total. The summed E-state index contributed by atoms with van der Waals surface area (Å²) in [5, 5.41) is 1.12. The maximum Gasteiger partial charge on any atom is 0.0693 e. The van der Waals surface area contributed by atoms with Gasteiger partial charge in [-0.1, -0.05) is 23.2 Å². The van der Waals surface area contributed by atoms with Gasteiger partial charge in [-0.3, -0.25) is 9.80 Å². The molecule has 0 radical (unpaired) electrons. The lowest BCUT2D eigenvalue weighted by Crippen LogP contribution is -2.36. The third-order valence-electron chi connectivity index (χ3n) is 4.43. The van der Waals surface area contributed by atoms with Gasteiger partial charge in [0.1, 0.15) is 0 Å². The van der Waals surface area contributed by atoms with Crippen LogP contribution >= 0.6 is 23.2 Å². The second kappa shape index (κ2) is 6.10. The molecule has 2 aliphatic heterocycles. The second-order valence-corrected chi connectivity index (χ2v) is 6.71. The van der Waals surface area contributed by atoms with Gasteiger partial charge in [-0.05, 0) is 56.6 Å². The van der Waals surface area contributed by atoms with E-state index in [2.05, 4.69) is 9.80 Å². The Labute approximate surface area is 130 Å². The minimum absolute atomic E-state index is 0.481.